The molecule has 2 aromatic rings. The largest absolute Gasteiger partial charge is 0.494 e. The van der Waals surface area contributed by atoms with E-state index in [4.69, 9.17) is 4.74 Å². The third-order valence-corrected chi connectivity index (χ3v) is 3.04. The van der Waals surface area contributed by atoms with Crippen LogP contribution in [0.4, 0.5) is 4.39 Å². The maximum Gasteiger partial charge on any atom is 0.165 e. The molecule has 1 aromatic carbocycles. The lowest BCUT2D eigenvalue weighted by molar-refractivity contribution is 0.385. The molecule has 5 heteroatoms. The number of aromatic amines is 1. The molecule has 4 nitrogen and oxygen atoms in total. The van der Waals surface area contributed by atoms with E-state index in [1.54, 1.807) is 18.5 Å². The Morgan fingerprint density at radius 3 is 2.95 bits per heavy atom. The summed E-state index contributed by atoms with van der Waals surface area (Å²) in [5, 5.41) is 3.33. The molecule has 0 aliphatic carbocycles. The number of halogens is 1. The SMILES string of the molecule is COc1ccc(C(C)NCCc2ncc[nH]2)cc1F. The average Bonchev–Trinajstić information content (AvgIpc) is 2.91. The summed E-state index contributed by atoms with van der Waals surface area (Å²) in [5.41, 5.74) is 0.901. The number of benzene rings is 1. The second-order valence-corrected chi connectivity index (χ2v) is 4.36. The van der Waals surface area contributed by atoms with Gasteiger partial charge in [0, 0.05) is 31.4 Å². The van der Waals surface area contributed by atoms with Gasteiger partial charge in [0.15, 0.2) is 11.6 Å². The standard InChI is InChI=1S/C14H18FN3O/c1-10(16-6-5-14-17-7-8-18-14)11-3-4-13(19-2)12(15)9-11/h3-4,7-10,16H,5-6H2,1-2H3,(H,17,18). The van der Waals surface area contributed by atoms with Crippen molar-refractivity contribution >= 4 is 0 Å². The molecule has 0 radical (unpaired) electrons. The quantitative estimate of drug-likeness (QED) is 0.841. The molecule has 2 N–H and O–H groups in total. The predicted octanol–water partition coefficient (Wildman–Crippen LogP) is 2.45. The molecule has 0 bridgehead atoms. The van der Waals surface area contributed by atoms with E-state index in [0.29, 0.717) is 0 Å². The molecule has 0 aliphatic heterocycles. The van der Waals surface area contributed by atoms with Crippen molar-refractivity contribution in [3.8, 4) is 5.75 Å². The number of aromatic nitrogens is 2. The van der Waals surface area contributed by atoms with Crippen molar-refractivity contribution in [2.24, 2.45) is 0 Å². The fraction of sp³-hybridized carbons (Fsp3) is 0.357. The Hall–Kier alpha value is -1.88. The highest BCUT2D eigenvalue weighted by molar-refractivity contribution is 5.30. The van der Waals surface area contributed by atoms with Gasteiger partial charge in [-0.25, -0.2) is 9.37 Å². The Kier molecular flexibility index (Phi) is 4.52. The fourth-order valence-electron chi connectivity index (χ4n) is 1.91. The first kappa shape index (κ1) is 13.5. The van der Waals surface area contributed by atoms with Gasteiger partial charge in [0.2, 0.25) is 0 Å². The molecule has 1 unspecified atom stereocenters. The van der Waals surface area contributed by atoms with Crippen LogP contribution in [-0.4, -0.2) is 23.6 Å². The number of H-pyrrole nitrogens is 1. The summed E-state index contributed by atoms with van der Waals surface area (Å²) in [6.45, 7) is 2.78. The van der Waals surface area contributed by atoms with E-state index in [-0.39, 0.29) is 17.6 Å². The second kappa shape index (κ2) is 6.33. The van der Waals surface area contributed by atoms with Crippen LogP contribution in [0.15, 0.2) is 30.6 Å². The lowest BCUT2D eigenvalue weighted by Crippen LogP contribution is -2.21. The molecule has 1 heterocycles. The number of nitrogens with one attached hydrogen (secondary N) is 2. The van der Waals surface area contributed by atoms with Gasteiger partial charge in [-0.05, 0) is 24.6 Å². The Labute approximate surface area is 112 Å². The summed E-state index contributed by atoms with van der Waals surface area (Å²) in [7, 11) is 1.46. The van der Waals surface area contributed by atoms with Gasteiger partial charge in [-0.2, -0.15) is 0 Å². The Morgan fingerprint density at radius 2 is 2.32 bits per heavy atom. The number of imidazole rings is 1. The molecule has 2 rings (SSSR count). The Bertz CT molecular complexity index is 513. The molecule has 0 spiro atoms. The summed E-state index contributed by atoms with van der Waals surface area (Å²) in [6, 6.07) is 5.10. The van der Waals surface area contributed by atoms with Crippen LogP contribution in [0.5, 0.6) is 5.75 Å². The van der Waals surface area contributed by atoms with Crippen molar-refractivity contribution in [2.45, 2.75) is 19.4 Å². The number of hydrogen-bond acceptors (Lipinski definition) is 3. The third-order valence-electron chi connectivity index (χ3n) is 3.04. The molecule has 1 aromatic heterocycles. The number of hydrogen-bond donors (Lipinski definition) is 2. The minimum atomic E-state index is -0.334. The zero-order chi connectivity index (χ0) is 13.7. The van der Waals surface area contributed by atoms with Crippen LogP contribution in [-0.2, 0) is 6.42 Å². The Balaban J connectivity index is 1.88. The minimum Gasteiger partial charge on any atom is -0.494 e. The number of methoxy groups -OCH3 is 1. The van der Waals surface area contributed by atoms with Crippen LogP contribution in [0.1, 0.15) is 24.4 Å². The van der Waals surface area contributed by atoms with Gasteiger partial charge in [-0.1, -0.05) is 6.07 Å². The van der Waals surface area contributed by atoms with Gasteiger partial charge in [0.1, 0.15) is 5.82 Å². The molecule has 102 valence electrons. The molecule has 1 atom stereocenters. The molecule has 19 heavy (non-hydrogen) atoms. The van der Waals surface area contributed by atoms with Gasteiger partial charge >= 0.3 is 0 Å². The van der Waals surface area contributed by atoms with Gasteiger partial charge in [-0.15, -0.1) is 0 Å². The lowest BCUT2D eigenvalue weighted by Gasteiger charge is -2.14. The maximum atomic E-state index is 13.6. The van der Waals surface area contributed by atoms with Crippen molar-refractivity contribution in [2.75, 3.05) is 13.7 Å². The van der Waals surface area contributed by atoms with Crippen molar-refractivity contribution in [1.29, 1.82) is 0 Å². The highest BCUT2D eigenvalue weighted by atomic mass is 19.1. The highest BCUT2D eigenvalue weighted by Crippen LogP contribution is 2.21. The second-order valence-electron chi connectivity index (χ2n) is 4.36. The summed E-state index contributed by atoms with van der Waals surface area (Å²) in [5.74, 6) is 0.881. The molecule has 0 fully saturated rings. The predicted molar refractivity (Wildman–Crippen MR) is 71.7 cm³/mol. The highest BCUT2D eigenvalue weighted by Gasteiger charge is 2.09. The van der Waals surface area contributed by atoms with Crippen LogP contribution >= 0.6 is 0 Å². The number of rotatable bonds is 6. The molecular formula is C14H18FN3O. The monoisotopic (exact) mass is 263 g/mol. The molecule has 0 aliphatic rings. The molecule has 0 amide bonds. The normalized spacial score (nSPS) is 12.4. The molecule has 0 saturated carbocycles. The lowest BCUT2D eigenvalue weighted by atomic mass is 10.1. The van der Waals surface area contributed by atoms with E-state index in [2.05, 4.69) is 15.3 Å². The first-order chi connectivity index (χ1) is 9.20. The van der Waals surface area contributed by atoms with Gasteiger partial charge in [0.25, 0.3) is 0 Å². The van der Waals surface area contributed by atoms with Crippen molar-refractivity contribution in [3.63, 3.8) is 0 Å². The van der Waals surface area contributed by atoms with E-state index in [1.165, 1.54) is 13.2 Å². The summed E-state index contributed by atoms with van der Waals surface area (Å²) in [6.07, 6.45) is 4.35. The fourth-order valence-corrected chi connectivity index (χ4v) is 1.91. The van der Waals surface area contributed by atoms with Gasteiger partial charge in [0.05, 0.1) is 7.11 Å². The summed E-state index contributed by atoms with van der Waals surface area (Å²) >= 11 is 0. The summed E-state index contributed by atoms with van der Waals surface area (Å²) < 4.78 is 18.5. The minimum absolute atomic E-state index is 0.0790. The van der Waals surface area contributed by atoms with Crippen LogP contribution in [0, 0.1) is 5.82 Å². The zero-order valence-corrected chi connectivity index (χ0v) is 11.1. The smallest absolute Gasteiger partial charge is 0.165 e. The van der Waals surface area contributed by atoms with Crippen LogP contribution in [0.2, 0.25) is 0 Å². The van der Waals surface area contributed by atoms with E-state index in [1.807, 2.05) is 13.0 Å². The van der Waals surface area contributed by atoms with E-state index in [0.717, 1.165) is 24.4 Å². The van der Waals surface area contributed by atoms with Gasteiger partial charge in [-0.3, -0.25) is 0 Å². The van der Waals surface area contributed by atoms with E-state index < -0.39 is 0 Å². The molecular weight excluding hydrogens is 245 g/mol. The maximum absolute atomic E-state index is 13.6. The van der Waals surface area contributed by atoms with Crippen LogP contribution in [0.25, 0.3) is 0 Å². The third kappa shape index (κ3) is 3.54. The van der Waals surface area contributed by atoms with E-state index >= 15 is 0 Å². The number of nitrogens with zero attached hydrogens (tertiary/aromatic N) is 1. The van der Waals surface area contributed by atoms with Crippen molar-refractivity contribution in [1.82, 2.24) is 15.3 Å². The molecule has 0 saturated heterocycles. The first-order valence-corrected chi connectivity index (χ1v) is 6.26. The average molecular weight is 263 g/mol. The first-order valence-electron chi connectivity index (χ1n) is 6.26. The van der Waals surface area contributed by atoms with Crippen molar-refractivity contribution < 1.29 is 9.13 Å². The van der Waals surface area contributed by atoms with Crippen molar-refractivity contribution in [3.05, 3.63) is 47.8 Å². The zero-order valence-electron chi connectivity index (χ0n) is 11.1. The van der Waals surface area contributed by atoms with Crippen LogP contribution < -0.4 is 10.1 Å². The summed E-state index contributed by atoms with van der Waals surface area (Å²) in [4.78, 5) is 7.20. The van der Waals surface area contributed by atoms with Crippen LogP contribution in [0.3, 0.4) is 0 Å². The van der Waals surface area contributed by atoms with Gasteiger partial charge < -0.3 is 15.0 Å². The van der Waals surface area contributed by atoms with E-state index in [9.17, 15) is 4.39 Å². The topological polar surface area (TPSA) is 49.9 Å². The Morgan fingerprint density at radius 1 is 1.47 bits per heavy atom. The number of ether oxygens (including phenoxy) is 1.